The van der Waals surface area contributed by atoms with E-state index in [-0.39, 0.29) is 12.2 Å². The zero-order valence-corrected chi connectivity index (χ0v) is 19.1. The molecule has 0 aromatic heterocycles. The third kappa shape index (κ3) is 5.98. The minimum absolute atomic E-state index is 0.156. The number of hydrogen-bond acceptors (Lipinski definition) is 6. The van der Waals surface area contributed by atoms with Crippen LogP contribution in [0.25, 0.3) is 0 Å². The van der Waals surface area contributed by atoms with Crippen LogP contribution < -0.4 is 20.4 Å². The molecule has 2 aliphatic heterocycles. The van der Waals surface area contributed by atoms with Gasteiger partial charge < -0.3 is 28.1 Å². The lowest BCUT2D eigenvalue weighted by Gasteiger charge is -2.27. The van der Waals surface area contributed by atoms with Gasteiger partial charge in [0.2, 0.25) is 0 Å². The summed E-state index contributed by atoms with van der Waals surface area (Å²) in [5, 5.41) is 0. The molecule has 3 fully saturated rings. The van der Waals surface area contributed by atoms with E-state index in [0.717, 1.165) is 60.9 Å². The first kappa shape index (κ1) is 23.0. The molecule has 0 amide bonds. The van der Waals surface area contributed by atoms with E-state index in [1.54, 1.807) is 0 Å². The van der Waals surface area contributed by atoms with Crippen molar-refractivity contribution >= 4 is 25.2 Å². The van der Waals surface area contributed by atoms with Crippen LogP contribution in [0.1, 0.15) is 71.6 Å². The number of unbranched alkanes of at least 4 members (excludes halogenated alkanes) is 1. The fourth-order valence-electron chi connectivity index (χ4n) is 4.56. The van der Waals surface area contributed by atoms with E-state index in [1.165, 1.54) is 19.3 Å². The summed E-state index contributed by atoms with van der Waals surface area (Å²) in [6.07, 6.45) is 10.6. The molecule has 2 saturated heterocycles. The van der Waals surface area contributed by atoms with Gasteiger partial charge in [-0.05, 0) is 50.7 Å². The predicted octanol–water partition coefficient (Wildman–Crippen LogP) is 3.23. The van der Waals surface area contributed by atoms with Gasteiger partial charge in [-0.1, -0.05) is 33.1 Å². The maximum atomic E-state index is 6.53. The molecular weight excluding hydrogens is 394 g/mol. The van der Waals surface area contributed by atoms with E-state index in [2.05, 4.69) is 13.8 Å². The highest BCUT2D eigenvalue weighted by Crippen LogP contribution is 2.26. The average molecular weight is 430 g/mol. The van der Waals surface area contributed by atoms with Crippen molar-refractivity contribution in [2.45, 2.75) is 83.8 Å². The van der Waals surface area contributed by atoms with Gasteiger partial charge in [0.15, 0.2) is 0 Å². The van der Waals surface area contributed by atoms with Gasteiger partial charge in [0.1, 0.15) is 11.5 Å². The fourth-order valence-corrected chi connectivity index (χ4v) is 4.56. The smallest absolute Gasteiger partial charge is 0.491 e. The van der Waals surface area contributed by atoms with Crippen LogP contribution in [0.4, 0.5) is 0 Å². The summed E-state index contributed by atoms with van der Waals surface area (Å²) >= 11 is 0. The van der Waals surface area contributed by atoms with Gasteiger partial charge in [0.05, 0.1) is 38.6 Å². The van der Waals surface area contributed by atoms with Gasteiger partial charge in [-0.3, -0.25) is 0 Å². The summed E-state index contributed by atoms with van der Waals surface area (Å²) in [6.45, 7) is 6.75. The van der Waals surface area contributed by atoms with Crippen molar-refractivity contribution in [2.24, 2.45) is 0 Å². The van der Waals surface area contributed by atoms with Crippen molar-refractivity contribution in [3.05, 3.63) is 12.1 Å². The normalized spacial score (nSPS) is 21.0. The molecule has 1 atom stereocenters. The zero-order valence-electron chi connectivity index (χ0n) is 19.1. The highest BCUT2D eigenvalue weighted by atomic mass is 16.6. The van der Waals surface area contributed by atoms with E-state index >= 15 is 0 Å². The Bertz CT molecular complexity index is 685. The summed E-state index contributed by atoms with van der Waals surface area (Å²) < 4.78 is 36.5. The monoisotopic (exact) mass is 430 g/mol. The van der Waals surface area contributed by atoms with Gasteiger partial charge in [0, 0.05) is 10.9 Å². The summed E-state index contributed by atoms with van der Waals surface area (Å²) in [7, 11) is -0.844. The van der Waals surface area contributed by atoms with Crippen molar-refractivity contribution in [1.29, 1.82) is 0 Å². The SMILES string of the molecule is CCCCC(CC)Oc1cc(B2OCCO2)c(OC2CCCCC2)cc1B1OCCO1. The molecule has 4 rings (SSSR count). The van der Waals surface area contributed by atoms with E-state index in [0.29, 0.717) is 26.4 Å². The molecule has 0 spiro atoms. The Labute approximate surface area is 187 Å². The van der Waals surface area contributed by atoms with Gasteiger partial charge in [0.25, 0.3) is 0 Å². The third-order valence-corrected chi connectivity index (χ3v) is 6.37. The van der Waals surface area contributed by atoms with Crippen molar-refractivity contribution < 1.29 is 28.1 Å². The minimum atomic E-state index is -0.424. The highest BCUT2D eigenvalue weighted by Gasteiger charge is 2.36. The highest BCUT2D eigenvalue weighted by molar-refractivity contribution is 6.65. The maximum absolute atomic E-state index is 6.53. The Morgan fingerprint density at radius 2 is 1.45 bits per heavy atom. The molecule has 0 bridgehead atoms. The van der Waals surface area contributed by atoms with Crippen LogP contribution >= 0.6 is 0 Å². The summed E-state index contributed by atoms with van der Waals surface area (Å²) in [6, 6.07) is 4.09. The zero-order chi connectivity index (χ0) is 21.5. The van der Waals surface area contributed by atoms with Crippen LogP contribution in [-0.2, 0) is 18.6 Å². The molecule has 170 valence electrons. The lowest BCUT2D eigenvalue weighted by atomic mass is 9.72. The van der Waals surface area contributed by atoms with Gasteiger partial charge in [-0.25, -0.2) is 0 Å². The first-order chi connectivity index (χ1) is 15.3. The van der Waals surface area contributed by atoms with Crippen LogP contribution in [0, 0.1) is 0 Å². The molecule has 8 heteroatoms. The van der Waals surface area contributed by atoms with Crippen molar-refractivity contribution in [2.75, 3.05) is 26.4 Å². The standard InChI is InChI=1S/C23H36B2O6/c1-3-5-9-18(4-2)30-22-16-21(25-28-14-15-29-25)23(31-19-10-7-6-8-11-19)17-20(22)24-26-12-13-27-24/h16-19H,3-15H2,1-2H3. The average Bonchev–Trinajstić information content (AvgIpc) is 3.52. The number of ether oxygens (including phenoxy) is 2. The molecule has 2 heterocycles. The number of benzene rings is 1. The second-order valence-electron chi connectivity index (χ2n) is 8.74. The molecule has 1 aliphatic carbocycles. The molecular formula is C23H36B2O6. The molecule has 1 aromatic carbocycles. The molecule has 31 heavy (non-hydrogen) atoms. The Morgan fingerprint density at radius 1 is 0.871 bits per heavy atom. The second kappa shape index (κ2) is 11.6. The minimum Gasteiger partial charge on any atom is -0.491 e. The second-order valence-corrected chi connectivity index (χ2v) is 8.74. The number of hydrogen-bond donors (Lipinski definition) is 0. The van der Waals surface area contributed by atoms with E-state index < -0.39 is 14.2 Å². The lowest BCUT2D eigenvalue weighted by molar-refractivity contribution is 0.155. The Kier molecular flexibility index (Phi) is 8.59. The Balaban J connectivity index is 1.66. The maximum Gasteiger partial charge on any atom is 0.497 e. The Morgan fingerprint density at radius 3 is 2.03 bits per heavy atom. The van der Waals surface area contributed by atoms with Crippen molar-refractivity contribution in [3.8, 4) is 11.5 Å². The molecule has 6 nitrogen and oxygen atoms in total. The Hall–Kier alpha value is -1.21. The summed E-state index contributed by atoms with van der Waals surface area (Å²) in [5.41, 5.74) is 1.81. The van der Waals surface area contributed by atoms with Crippen LogP contribution in [0.15, 0.2) is 12.1 Å². The summed E-state index contributed by atoms with van der Waals surface area (Å²) in [4.78, 5) is 0. The fraction of sp³-hybridized carbons (Fsp3) is 0.739. The topological polar surface area (TPSA) is 55.4 Å². The van der Waals surface area contributed by atoms with Crippen LogP contribution in [-0.4, -0.2) is 52.9 Å². The molecule has 3 aliphatic rings. The van der Waals surface area contributed by atoms with E-state index in [9.17, 15) is 0 Å². The molecule has 1 aromatic rings. The van der Waals surface area contributed by atoms with Crippen molar-refractivity contribution in [1.82, 2.24) is 0 Å². The van der Waals surface area contributed by atoms with Crippen molar-refractivity contribution in [3.63, 3.8) is 0 Å². The first-order valence-electron chi connectivity index (χ1n) is 12.3. The van der Waals surface area contributed by atoms with Crippen LogP contribution in [0.3, 0.4) is 0 Å². The predicted molar refractivity (Wildman–Crippen MR) is 123 cm³/mol. The quantitative estimate of drug-likeness (QED) is 0.532. The number of rotatable bonds is 10. The lowest BCUT2D eigenvalue weighted by Crippen LogP contribution is -2.40. The van der Waals surface area contributed by atoms with Crippen LogP contribution in [0.5, 0.6) is 11.5 Å². The molecule has 0 N–H and O–H groups in total. The van der Waals surface area contributed by atoms with Gasteiger partial charge in [-0.2, -0.15) is 0 Å². The third-order valence-electron chi connectivity index (χ3n) is 6.37. The van der Waals surface area contributed by atoms with Gasteiger partial charge in [-0.15, -0.1) is 0 Å². The largest absolute Gasteiger partial charge is 0.497 e. The van der Waals surface area contributed by atoms with Crippen LogP contribution in [0.2, 0.25) is 0 Å². The van der Waals surface area contributed by atoms with Gasteiger partial charge >= 0.3 is 14.2 Å². The molecule has 1 unspecified atom stereocenters. The summed E-state index contributed by atoms with van der Waals surface area (Å²) in [5.74, 6) is 1.60. The molecule has 0 radical (unpaired) electrons. The molecule has 1 saturated carbocycles. The van der Waals surface area contributed by atoms with E-state index in [1.807, 2.05) is 12.1 Å². The first-order valence-corrected chi connectivity index (χ1v) is 12.3. The van der Waals surface area contributed by atoms with E-state index in [4.69, 9.17) is 28.1 Å².